The summed E-state index contributed by atoms with van der Waals surface area (Å²) in [7, 11) is 0. The van der Waals surface area contributed by atoms with E-state index in [1.54, 1.807) is 12.1 Å². The standard InChI is InChI=1S/C13H16N2O/c16-10-1-2-11-12(8-15-13(11)7-10)9-3-5-14-6-4-9/h1-2,7-9,14-16H,3-6H2. The lowest BCUT2D eigenvalue weighted by Gasteiger charge is -2.22. The third-order valence-corrected chi connectivity index (χ3v) is 3.48. The van der Waals surface area contributed by atoms with E-state index in [2.05, 4.69) is 16.5 Å². The Morgan fingerprint density at radius 3 is 2.81 bits per heavy atom. The van der Waals surface area contributed by atoms with Gasteiger partial charge >= 0.3 is 0 Å². The predicted octanol–water partition coefficient (Wildman–Crippen LogP) is 2.34. The van der Waals surface area contributed by atoms with Gasteiger partial charge in [0.1, 0.15) is 5.75 Å². The van der Waals surface area contributed by atoms with E-state index in [0.29, 0.717) is 11.7 Å². The molecule has 1 saturated heterocycles. The van der Waals surface area contributed by atoms with Crippen LogP contribution in [0.4, 0.5) is 0 Å². The van der Waals surface area contributed by atoms with Crippen molar-refractivity contribution in [3.8, 4) is 5.75 Å². The number of hydrogen-bond donors (Lipinski definition) is 3. The number of rotatable bonds is 1. The lowest BCUT2D eigenvalue weighted by molar-refractivity contribution is 0.462. The highest BCUT2D eigenvalue weighted by molar-refractivity contribution is 5.84. The maximum Gasteiger partial charge on any atom is 0.117 e. The van der Waals surface area contributed by atoms with Crippen LogP contribution in [0.25, 0.3) is 10.9 Å². The van der Waals surface area contributed by atoms with Crippen LogP contribution in [0.2, 0.25) is 0 Å². The minimum absolute atomic E-state index is 0.325. The van der Waals surface area contributed by atoms with Crippen LogP contribution in [0.15, 0.2) is 24.4 Å². The lowest BCUT2D eigenvalue weighted by Crippen LogP contribution is -2.26. The Morgan fingerprint density at radius 1 is 1.19 bits per heavy atom. The van der Waals surface area contributed by atoms with Crippen molar-refractivity contribution in [2.24, 2.45) is 0 Å². The smallest absolute Gasteiger partial charge is 0.117 e. The molecule has 0 atom stereocenters. The summed E-state index contributed by atoms with van der Waals surface area (Å²) in [4.78, 5) is 3.25. The first-order valence-electron chi connectivity index (χ1n) is 5.85. The van der Waals surface area contributed by atoms with Gasteiger partial charge in [0.05, 0.1) is 0 Å². The highest BCUT2D eigenvalue weighted by Gasteiger charge is 2.18. The number of aromatic amines is 1. The molecular weight excluding hydrogens is 200 g/mol. The third kappa shape index (κ3) is 1.57. The van der Waals surface area contributed by atoms with Crippen LogP contribution in [0.3, 0.4) is 0 Å². The number of aromatic nitrogens is 1. The molecule has 0 aliphatic carbocycles. The van der Waals surface area contributed by atoms with Gasteiger partial charge in [0.25, 0.3) is 0 Å². The second-order valence-electron chi connectivity index (χ2n) is 4.50. The molecule has 3 rings (SSSR count). The van der Waals surface area contributed by atoms with Crippen molar-refractivity contribution in [2.45, 2.75) is 18.8 Å². The highest BCUT2D eigenvalue weighted by atomic mass is 16.3. The van der Waals surface area contributed by atoms with Crippen molar-refractivity contribution in [3.05, 3.63) is 30.0 Å². The molecule has 1 aromatic heterocycles. The minimum Gasteiger partial charge on any atom is -0.508 e. The fourth-order valence-corrected chi connectivity index (χ4v) is 2.61. The SMILES string of the molecule is Oc1ccc2c(C3CCNCC3)c[nH]c2c1. The topological polar surface area (TPSA) is 48.0 Å². The van der Waals surface area contributed by atoms with Crippen LogP contribution in [-0.2, 0) is 0 Å². The number of aromatic hydroxyl groups is 1. The predicted molar refractivity (Wildman–Crippen MR) is 64.8 cm³/mol. The monoisotopic (exact) mass is 216 g/mol. The summed E-state index contributed by atoms with van der Waals surface area (Å²) < 4.78 is 0. The first-order chi connectivity index (χ1) is 7.84. The first-order valence-corrected chi connectivity index (χ1v) is 5.85. The van der Waals surface area contributed by atoms with Gasteiger partial charge in [0.15, 0.2) is 0 Å². The van der Waals surface area contributed by atoms with E-state index in [4.69, 9.17) is 0 Å². The fourth-order valence-electron chi connectivity index (χ4n) is 2.61. The second-order valence-corrected chi connectivity index (χ2v) is 4.50. The maximum atomic E-state index is 9.42. The van der Waals surface area contributed by atoms with E-state index in [0.717, 1.165) is 18.6 Å². The second kappa shape index (κ2) is 3.83. The summed E-state index contributed by atoms with van der Waals surface area (Å²) >= 11 is 0. The average molecular weight is 216 g/mol. The van der Waals surface area contributed by atoms with Gasteiger partial charge in [-0.25, -0.2) is 0 Å². The minimum atomic E-state index is 0.325. The number of H-pyrrole nitrogens is 1. The van der Waals surface area contributed by atoms with Crippen molar-refractivity contribution in [1.29, 1.82) is 0 Å². The van der Waals surface area contributed by atoms with Gasteiger partial charge in [-0.15, -0.1) is 0 Å². The van der Waals surface area contributed by atoms with Crippen molar-refractivity contribution in [3.63, 3.8) is 0 Å². The first kappa shape index (κ1) is 9.73. The number of phenolic OH excluding ortho intramolecular Hbond substituents is 1. The largest absolute Gasteiger partial charge is 0.508 e. The van der Waals surface area contributed by atoms with E-state index in [9.17, 15) is 5.11 Å². The van der Waals surface area contributed by atoms with Crippen LogP contribution >= 0.6 is 0 Å². The molecule has 3 nitrogen and oxygen atoms in total. The van der Waals surface area contributed by atoms with Gasteiger partial charge < -0.3 is 15.4 Å². The molecule has 0 bridgehead atoms. The number of piperidine rings is 1. The van der Waals surface area contributed by atoms with Gasteiger partial charge in [-0.05, 0) is 49.5 Å². The fraction of sp³-hybridized carbons (Fsp3) is 0.385. The molecule has 16 heavy (non-hydrogen) atoms. The molecule has 2 aromatic rings. The summed E-state index contributed by atoms with van der Waals surface area (Å²) in [6, 6.07) is 5.57. The molecular formula is C13H16N2O. The summed E-state index contributed by atoms with van der Waals surface area (Å²) in [5.74, 6) is 0.978. The Bertz CT molecular complexity index is 498. The molecule has 3 N–H and O–H groups in total. The summed E-state index contributed by atoms with van der Waals surface area (Å²) in [6.45, 7) is 2.21. The van der Waals surface area contributed by atoms with E-state index in [1.165, 1.54) is 23.8 Å². The molecule has 0 unspecified atom stereocenters. The van der Waals surface area contributed by atoms with E-state index >= 15 is 0 Å². The molecule has 1 aliphatic heterocycles. The van der Waals surface area contributed by atoms with Crippen molar-refractivity contribution < 1.29 is 5.11 Å². The molecule has 0 radical (unpaired) electrons. The molecule has 1 aliphatic rings. The molecule has 84 valence electrons. The van der Waals surface area contributed by atoms with Crippen LogP contribution in [0.5, 0.6) is 5.75 Å². The Labute approximate surface area is 94.5 Å². The van der Waals surface area contributed by atoms with Crippen molar-refractivity contribution in [1.82, 2.24) is 10.3 Å². The van der Waals surface area contributed by atoms with Gasteiger partial charge in [0.2, 0.25) is 0 Å². The Hall–Kier alpha value is -1.48. The maximum absolute atomic E-state index is 9.42. The zero-order valence-corrected chi connectivity index (χ0v) is 9.16. The summed E-state index contributed by atoms with van der Waals surface area (Å²) in [5, 5.41) is 14.1. The number of phenols is 1. The van der Waals surface area contributed by atoms with Gasteiger partial charge in [-0.2, -0.15) is 0 Å². The third-order valence-electron chi connectivity index (χ3n) is 3.48. The molecule has 3 heteroatoms. The van der Waals surface area contributed by atoms with E-state index in [1.807, 2.05) is 6.07 Å². The van der Waals surface area contributed by atoms with Crippen LogP contribution in [0, 0.1) is 0 Å². The molecule has 1 aromatic carbocycles. The quantitative estimate of drug-likeness (QED) is 0.685. The zero-order chi connectivity index (χ0) is 11.0. The van der Waals surface area contributed by atoms with Crippen LogP contribution < -0.4 is 5.32 Å². The zero-order valence-electron chi connectivity index (χ0n) is 9.16. The van der Waals surface area contributed by atoms with Gasteiger partial charge in [-0.1, -0.05) is 0 Å². The highest BCUT2D eigenvalue weighted by Crippen LogP contribution is 2.32. The summed E-state index contributed by atoms with van der Waals surface area (Å²) in [6.07, 6.45) is 4.50. The number of benzene rings is 1. The van der Waals surface area contributed by atoms with Gasteiger partial charge in [-0.3, -0.25) is 0 Å². The Balaban J connectivity index is 2.03. The van der Waals surface area contributed by atoms with E-state index in [-0.39, 0.29) is 0 Å². The van der Waals surface area contributed by atoms with E-state index < -0.39 is 0 Å². The molecule has 0 amide bonds. The molecule has 0 spiro atoms. The molecule has 0 saturated carbocycles. The normalized spacial score (nSPS) is 18.0. The van der Waals surface area contributed by atoms with Gasteiger partial charge in [0, 0.05) is 23.2 Å². The Morgan fingerprint density at radius 2 is 2.00 bits per heavy atom. The van der Waals surface area contributed by atoms with Crippen LogP contribution in [-0.4, -0.2) is 23.2 Å². The number of hydrogen-bond acceptors (Lipinski definition) is 2. The van der Waals surface area contributed by atoms with Crippen molar-refractivity contribution >= 4 is 10.9 Å². The molecule has 2 heterocycles. The Kier molecular flexibility index (Phi) is 2.33. The van der Waals surface area contributed by atoms with Crippen LogP contribution in [0.1, 0.15) is 24.3 Å². The summed E-state index contributed by atoms with van der Waals surface area (Å²) in [5.41, 5.74) is 2.44. The number of nitrogens with one attached hydrogen (secondary N) is 2. The lowest BCUT2D eigenvalue weighted by atomic mass is 9.90. The number of fused-ring (bicyclic) bond motifs is 1. The van der Waals surface area contributed by atoms with Crippen molar-refractivity contribution in [2.75, 3.05) is 13.1 Å². The average Bonchev–Trinajstić information content (AvgIpc) is 2.73. The molecule has 1 fully saturated rings.